The minimum absolute atomic E-state index is 0.0156. The molecule has 2 unspecified atom stereocenters. The molecule has 0 saturated carbocycles. The van der Waals surface area contributed by atoms with Crippen LogP contribution in [0.3, 0.4) is 0 Å². The molecule has 0 fully saturated rings. The Labute approximate surface area is 96.5 Å². The summed E-state index contributed by atoms with van der Waals surface area (Å²) in [4.78, 5) is 0. The summed E-state index contributed by atoms with van der Waals surface area (Å²) >= 11 is 0. The molecule has 0 aromatic heterocycles. The Bertz CT molecular complexity index is 327. The number of rotatable bonds is 5. The maximum absolute atomic E-state index is 13.7. The lowest BCUT2D eigenvalue weighted by Crippen LogP contribution is -2.31. The zero-order chi connectivity index (χ0) is 12.1. The van der Waals surface area contributed by atoms with Gasteiger partial charge in [0.1, 0.15) is 5.82 Å². The molecule has 1 rings (SSSR count). The summed E-state index contributed by atoms with van der Waals surface area (Å²) in [5, 5.41) is 12.5. The Morgan fingerprint density at radius 3 is 2.38 bits per heavy atom. The Morgan fingerprint density at radius 2 is 1.94 bits per heavy atom. The van der Waals surface area contributed by atoms with Gasteiger partial charge in [-0.1, -0.05) is 32.0 Å². The SMILES string of the molecule is CNC(c1ccccc1F)C(CO)C(C)C. The largest absolute Gasteiger partial charge is 0.396 e. The first kappa shape index (κ1) is 13.1. The normalized spacial score (nSPS) is 15.1. The molecular formula is C13H20FNO. The molecule has 0 aliphatic carbocycles. The molecule has 0 heterocycles. The van der Waals surface area contributed by atoms with Crippen molar-refractivity contribution in [3.8, 4) is 0 Å². The van der Waals surface area contributed by atoms with E-state index in [9.17, 15) is 9.50 Å². The van der Waals surface area contributed by atoms with E-state index in [0.717, 1.165) is 0 Å². The Balaban J connectivity index is 3.02. The van der Waals surface area contributed by atoms with E-state index in [2.05, 4.69) is 5.32 Å². The molecule has 2 N–H and O–H groups in total. The molecule has 1 aromatic rings. The van der Waals surface area contributed by atoms with Crippen LogP contribution in [0.2, 0.25) is 0 Å². The fourth-order valence-corrected chi connectivity index (χ4v) is 2.03. The molecule has 0 bridgehead atoms. The van der Waals surface area contributed by atoms with E-state index in [4.69, 9.17) is 0 Å². The lowest BCUT2D eigenvalue weighted by Gasteiger charge is -2.29. The Hall–Kier alpha value is -0.930. The van der Waals surface area contributed by atoms with Crippen LogP contribution in [-0.4, -0.2) is 18.8 Å². The number of halogens is 1. The van der Waals surface area contributed by atoms with Crippen molar-refractivity contribution < 1.29 is 9.50 Å². The predicted octanol–water partition coefficient (Wildman–Crippen LogP) is 2.35. The average molecular weight is 225 g/mol. The van der Waals surface area contributed by atoms with E-state index >= 15 is 0 Å². The molecule has 0 amide bonds. The number of hydrogen-bond donors (Lipinski definition) is 2. The average Bonchev–Trinajstić information content (AvgIpc) is 2.26. The second-order valence-electron chi connectivity index (χ2n) is 4.38. The molecule has 0 spiro atoms. The molecule has 16 heavy (non-hydrogen) atoms. The van der Waals surface area contributed by atoms with Crippen molar-refractivity contribution in [2.75, 3.05) is 13.7 Å². The highest BCUT2D eigenvalue weighted by Crippen LogP contribution is 2.28. The van der Waals surface area contributed by atoms with Crippen molar-refractivity contribution in [1.82, 2.24) is 5.32 Å². The van der Waals surface area contributed by atoms with Gasteiger partial charge in [0.2, 0.25) is 0 Å². The first-order chi connectivity index (χ1) is 7.61. The number of nitrogens with one attached hydrogen (secondary N) is 1. The molecule has 0 aliphatic rings. The van der Waals surface area contributed by atoms with Gasteiger partial charge < -0.3 is 10.4 Å². The zero-order valence-corrected chi connectivity index (χ0v) is 10.1. The maximum Gasteiger partial charge on any atom is 0.127 e. The summed E-state index contributed by atoms with van der Waals surface area (Å²) in [5.41, 5.74) is 0.623. The van der Waals surface area contributed by atoms with Gasteiger partial charge in [-0.25, -0.2) is 4.39 Å². The standard InChI is InChI=1S/C13H20FNO/c1-9(2)11(8-16)13(15-3)10-6-4-5-7-12(10)14/h4-7,9,11,13,15-16H,8H2,1-3H3. The third kappa shape index (κ3) is 2.80. The van der Waals surface area contributed by atoms with E-state index in [1.807, 2.05) is 19.9 Å². The second kappa shape index (κ2) is 5.97. The van der Waals surface area contributed by atoms with E-state index in [-0.39, 0.29) is 24.4 Å². The summed E-state index contributed by atoms with van der Waals surface area (Å²) in [6.07, 6.45) is 0. The van der Waals surface area contributed by atoms with E-state index in [1.54, 1.807) is 19.2 Å². The highest BCUT2D eigenvalue weighted by atomic mass is 19.1. The summed E-state index contributed by atoms with van der Waals surface area (Å²) in [6, 6.07) is 6.56. The predicted molar refractivity (Wildman–Crippen MR) is 63.6 cm³/mol. The second-order valence-corrected chi connectivity index (χ2v) is 4.38. The highest BCUT2D eigenvalue weighted by molar-refractivity contribution is 5.22. The third-order valence-corrected chi connectivity index (χ3v) is 3.05. The lowest BCUT2D eigenvalue weighted by atomic mass is 9.85. The van der Waals surface area contributed by atoms with Gasteiger partial charge in [0, 0.05) is 24.1 Å². The molecule has 0 radical (unpaired) electrons. The van der Waals surface area contributed by atoms with Crippen molar-refractivity contribution >= 4 is 0 Å². The number of benzene rings is 1. The number of aliphatic hydroxyl groups is 1. The van der Waals surface area contributed by atoms with Gasteiger partial charge in [0.25, 0.3) is 0 Å². The van der Waals surface area contributed by atoms with E-state index in [1.165, 1.54) is 6.07 Å². The molecule has 3 heteroatoms. The summed E-state index contributed by atoms with van der Waals surface area (Å²) in [6.45, 7) is 4.12. The van der Waals surface area contributed by atoms with Gasteiger partial charge in [0.15, 0.2) is 0 Å². The Morgan fingerprint density at radius 1 is 1.31 bits per heavy atom. The minimum atomic E-state index is -0.221. The quantitative estimate of drug-likeness (QED) is 0.806. The van der Waals surface area contributed by atoms with Crippen LogP contribution in [0, 0.1) is 17.7 Å². The summed E-state index contributed by atoms with van der Waals surface area (Å²) in [7, 11) is 1.79. The van der Waals surface area contributed by atoms with Crippen LogP contribution < -0.4 is 5.32 Å². The van der Waals surface area contributed by atoms with Gasteiger partial charge in [-0.3, -0.25) is 0 Å². The van der Waals surface area contributed by atoms with Crippen LogP contribution in [0.4, 0.5) is 4.39 Å². The molecule has 0 saturated heterocycles. The van der Waals surface area contributed by atoms with Crippen LogP contribution in [0.25, 0.3) is 0 Å². The first-order valence-electron chi connectivity index (χ1n) is 5.64. The topological polar surface area (TPSA) is 32.3 Å². The van der Waals surface area contributed by atoms with Crippen molar-refractivity contribution in [3.05, 3.63) is 35.6 Å². The first-order valence-corrected chi connectivity index (χ1v) is 5.64. The highest BCUT2D eigenvalue weighted by Gasteiger charge is 2.25. The molecular weight excluding hydrogens is 205 g/mol. The number of hydrogen-bond acceptors (Lipinski definition) is 2. The van der Waals surface area contributed by atoms with Crippen molar-refractivity contribution in [1.29, 1.82) is 0 Å². The maximum atomic E-state index is 13.7. The van der Waals surface area contributed by atoms with Crippen LogP contribution >= 0.6 is 0 Å². The zero-order valence-electron chi connectivity index (χ0n) is 10.1. The molecule has 1 aromatic carbocycles. The van der Waals surface area contributed by atoms with Gasteiger partial charge >= 0.3 is 0 Å². The van der Waals surface area contributed by atoms with Crippen LogP contribution in [-0.2, 0) is 0 Å². The van der Waals surface area contributed by atoms with Gasteiger partial charge in [-0.15, -0.1) is 0 Å². The summed E-state index contributed by atoms with van der Waals surface area (Å²) in [5.74, 6) is 0.0879. The molecule has 2 atom stereocenters. The van der Waals surface area contributed by atoms with Gasteiger partial charge in [0.05, 0.1) is 0 Å². The minimum Gasteiger partial charge on any atom is -0.396 e. The van der Waals surface area contributed by atoms with Crippen molar-refractivity contribution in [3.63, 3.8) is 0 Å². The molecule has 2 nitrogen and oxygen atoms in total. The van der Waals surface area contributed by atoms with Crippen LogP contribution in [0.15, 0.2) is 24.3 Å². The molecule has 90 valence electrons. The van der Waals surface area contributed by atoms with Crippen molar-refractivity contribution in [2.45, 2.75) is 19.9 Å². The van der Waals surface area contributed by atoms with E-state index < -0.39 is 0 Å². The van der Waals surface area contributed by atoms with Crippen LogP contribution in [0.5, 0.6) is 0 Å². The third-order valence-electron chi connectivity index (χ3n) is 3.05. The molecule has 0 aliphatic heterocycles. The smallest absolute Gasteiger partial charge is 0.127 e. The monoisotopic (exact) mass is 225 g/mol. The van der Waals surface area contributed by atoms with Crippen molar-refractivity contribution in [2.24, 2.45) is 11.8 Å². The lowest BCUT2D eigenvalue weighted by molar-refractivity contribution is 0.152. The summed E-state index contributed by atoms with van der Waals surface area (Å²) < 4.78 is 13.7. The fourth-order valence-electron chi connectivity index (χ4n) is 2.03. The fraction of sp³-hybridized carbons (Fsp3) is 0.538. The number of aliphatic hydroxyl groups excluding tert-OH is 1. The van der Waals surface area contributed by atoms with Gasteiger partial charge in [-0.05, 0) is 19.0 Å². The van der Waals surface area contributed by atoms with Gasteiger partial charge in [-0.2, -0.15) is 0 Å². The van der Waals surface area contributed by atoms with Crippen LogP contribution in [0.1, 0.15) is 25.5 Å². The van der Waals surface area contributed by atoms with E-state index in [0.29, 0.717) is 11.5 Å². The Kier molecular flexibility index (Phi) is 4.90.